The van der Waals surface area contributed by atoms with Gasteiger partial charge in [-0.3, -0.25) is 0 Å². The maximum Gasteiger partial charge on any atom is 0.416 e. The summed E-state index contributed by atoms with van der Waals surface area (Å²) in [6, 6.07) is 18.9. The summed E-state index contributed by atoms with van der Waals surface area (Å²) >= 11 is -2.98. The molecule has 0 bridgehead atoms. The molecule has 0 saturated carbocycles. The molecule has 3 aromatic rings. The number of hydrogen-bond donors (Lipinski definition) is 0. The normalized spacial score (nSPS) is 13.3. The molecule has 0 aliphatic carbocycles. The third-order valence-electron chi connectivity index (χ3n) is 5.43. The highest BCUT2D eigenvalue weighted by atomic mass is 127. The smallest absolute Gasteiger partial charge is 0.190 e. The maximum atomic E-state index is 13.1. The Morgan fingerprint density at radius 3 is 1.26 bits per heavy atom. The van der Waals surface area contributed by atoms with Gasteiger partial charge < -0.3 is 0 Å². The predicted molar refractivity (Wildman–Crippen MR) is 127 cm³/mol. The minimum Gasteiger partial charge on any atom is -0.190 e. The van der Waals surface area contributed by atoms with Gasteiger partial charge in [0.1, 0.15) is 0 Å². The van der Waals surface area contributed by atoms with Crippen molar-refractivity contribution in [3.05, 3.63) is 96.6 Å². The van der Waals surface area contributed by atoms with Crippen LogP contribution >= 0.6 is 0 Å². The van der Waals surface area contributed by atoms with E-state index in [2.05, 4.69) is 41.5 Å². The van der Waals surface area contributed by atoms with Gasteiger partial charge in [-0.25, -0.2) is 0 Å². The molecule has 0 heterocycles. The molecular weight excluding hydrogens is 588 g/mol. The maximum absolute atomic E-state index is 13.1. The molecule has 0 saturated heterocycles. The van der Waals surface area contributed by atoms with Gasteiger partial charge in [-0.05, 0) is 73.0 Å². The van der Waals surface area contributed by atoms with Crippen LogP contribution in [-0.2, 0) is 29.6 Å². The van der Waals surface area contributed by atoms with Crippen molar-refractivity contribution in [3.8, 4) is 0 Å². The van der Waals surface area contributed by atoms with Crippen LogP contribution in [0.2, 0.25) is 0 Å². The number of benzene rings is 3. The molecule has 3 nitrogen and oxygen atoms in total. The lowest BCUT2D eigenvalue weighted by atomic mass is 9.87. The van der Waals surface area contributed by atoms with Crippen molar-refractivity contribution in [2.24, 2.45) is 0 Å². The first-order chi connectivity index (χ1) is 16.0. The Bertz CT molecular complexity index is 1190. The Balaban J connectivity index is 2.02. The molecule has 0 spiro atoms. The lowest BCUT2D eigenvalue weighted by molar-refractivity contribution is -1.03. The molecule has 0 unspecified atom stereocenters. The zero-order valence-electron chi connectivity index (χ0n) is 20.6. The highest BCUT2D eigenvalue weighted by molar-refractivity contribution is 7.86. The highest BCUT2D eigenvalue weighted by Crippen LogP contribution is 2.30. The second-order valence-corrected chi connectivity index (χ2v) is 16.8. The van der Waals surface area contributed by atoms with Gasteiger partial charge in [0.05, 0.1) is 10.5 Å². The molecule has 8 heteroatoms. The molecule has 189 valence electrons. The largest absolute Gasteiger partial charge is 0.416 e. The van der Waals surface area contributed by atoms with Gasteiger partial charge in [0.25, 0.3) is 0 Å². The molecule has 3 aromatic carbocycles. The van der Waals surface area contributed by atoms with E-state index in [1.807, 2.05) is 48.5 Å². The van der Waals surface area contributed by atoms with E-state index in [9.17, 15) is 21.6 Å². The molecule has 1 radical (unpaired) electrons. The van der Waals surface area contributed by atoms with Crippen molar-refractivity contribution in [1.82, 2.24) is 0 Å². The summed E-state index contributed by atoms with van der Waals surface area (Å²) in [6.45, 7) is 12.6. The monoisotopic (exact) mass is 618 g/mol. The second-order valence-electron chi connectivity index (χ2n) is 10.3. The average Bonchev–Trinajstić information content (AvgIpc) is 2.76. The fraction of sp³-hybridized carbons (Fsp3) is 0.333. The summed E-state index contributed by atoms with van der Waals surface area (Å²) in [4.78, 5) is -0.301. The van der Waals surface area contributed by atoms with Gasteiger partial charge in [-0.1, -0.05) is 65.8 Å². The Morgan fingerprint density at radius 1 is 0.600 bits per heavy atom. The van der Waals surface area contributed by atoms with E-state index in [1.54, 1.807) is 0 Å². The lowest BCUT2D eigenvalue weighted by Gasteiger charge is -2.19. The van der Waals surface area contributed by atoms with E-state index in [1.165, 1.54) is 0 Å². The quantitative estimate of drug-likeness (QED) is 0.401. The van der Waals surface area contributed by atoms with Crippen LogP contribution in [0.4, 0.5) is 13.2 Å². The summed E-state index contributed by atoms with van der Waals surface area (Å²) in [5, 5.41) is 0. The molecule has 0 aliphatic heterocycles. The number of alkyl halides is 3. The van der Waals surface area contributed by atoms with Crippen molar-refractivity contribution >= 4 is 10.1 Å². The molecule has 35 heavy (non-hydrogen) atoms. The molecule has 0 N–H and O–H groups in total. The minimum absolute atomic E-state index is 0.0703. The highest BCUT2D eigenvalue weighted by Gasteiger charge is 2.39. The summed E-state index contributed by atoms with van der Waals surface area (Å²) in [5.41, 5.74) is 1.15. The van der Waals surface area contributed by atoms with Gasteiger partial charge in [-0.2, -0.15) is 21.6 Å². The van der Waals surface area contributed by atoms with E-state index in [4.69, 9.17) is 2.51 Å². The summed E-state index contributed by atoms with van der Waals surface area (Å²) in [7, 11) is -4.29. The molecule has 0 fully saturated rings. The number of hydrogen-bond acceptors (Lipinski definition) is 3. The molecule has 3 rings (SSSR count). The number of rotatable bonds is 5. The zero-order chi connectivity index (χ0) is 26.2. The minimum atomic E-state index is -4.55. The van der Waals surface area contributed by atoms with Crippen LogP contribution in [0.5, 0.6) is 0 Å². The Hall–Kier alpha value is -1.91. The standard InChI is InChI=1S/C27H30F3IO3S/c1-25(2,3)19-7-13-22(14-8-19)31(23-15-9-20(10-16-23)26(4,5)6)34-35(32,33)24-17-11-21(12-18-24)27(28,29)30/h7-18H,1-6H3/q+1. The van der Waals surface area contributed by atoms with E-state index in [0.717, 1.165) is 42.5 Å². The zero-order valence-corrected chi connectivity index (χ0v) is 23.5. The Kier molecular flexibility index (Phi) is 7.80. The SMILES string of the molecule is CC(C)(C)c1ccc([I+](OS(=O)(=O)c2ccc(C(F)(F)F)cc2)c2ccc(C(C)(C)C)cc2)cc1. The van der Waals surface area contributed by atoms with Crippen LogP contribution < -0.4 is 20.2 Å². The molecule has 0 amide bonds. The second kappa shape index (κ2) is 9.86. The fourth-order valence-electron chi connectivity index (χ4n) is 3.26. The van der Waals surface area contributed by atoms with Crippen LogP contribution in [0, 0.1) is 7.14 Å². The van der Waals surface area contributed by atoms with Gasteiger partial charge >= 0.3 is 36.5 Å². The van der Waals surface area contributed by atoms with Crippen LogP contribution in [-0.4, -0.2) is 8.42 Å². The van der Waals surface area contributed by atoms with Crippen LogP contribution in [0.15, 0.2) is 77.7 Å². The van der Waals surface area contributed by atoms with Crippen molar-refractivity contribution in [3.63, 3.8) is 0 Å². The molecular formula is C27H30F3IO3S+. The first kappa shape index (κ1) is 27.7. The van der Waals surface area contributed by atoms with E-state index in [0.29, 0.717) is 0 Å². The van der Waals surface area contributed by atoms with E-state index < -0.39 is 42.1 Å². The number of halogens is 4. The van der Waals surface area contributed by atoms with Crippen LogP contribution in [0.3, 0.4) is 0 Å². The van der Waals surface area contributed by atoms with Crippen LogP contribution in [0.1, 0.15) is 58.2 Å². The summed E-state index contributed by atoms with van der Waals surface area (Å²) in [6.07, 6.45) is -4.55. The van der Waals surface area contributed by atoms with E-state index in [-0.39, 0.29) is 15.7 Å². The predicted octanol–water partition coefficient (Wildman–Crippen LogP) is 4.29. The average molecular weight is 618 g/mol. The van der Waals surface area contributed by atoms with Gasteiger partial charge in [0.15, 0.2) is 7.14 Å². The Labute approximate surface area is 213 Å². The topological polar surface area (TPSA) is 43.4 Å². The first-order valence-corrected chi connectivity index (χ1v) is 15.5. The van der Waals surface area contributed by atoms with Gasteiger partial charge in [0.2, 0.25) is 0 Å². The Morgan fingerprint density at radius 2 is 0.943 bits per heavy atom. The lowest BCUT2D eigenvalue weighted by Crippen LogP contribution is -3.85. The van der Waals surface area contributed by atoms with Gasteiger partial charge in [0, 0.05) is 0 Å². The van der Waals surface area contributed by atoms with Crippen molar-refractivity contribution in [2.75, 3.05) is 0 Å². The third-order valence-corrected chi connectivity index (χ3v) is 12.8. The molecule has 0 aliphatic rings. The van der Waals surface area contributed by atoms with Gasteiger partial charge in [-0.15, -0.1) is 0 Å². The molecule has 0 aromatic heterocycles. The molecule has 0 atom stereocenters. The van der Waals surface area contributed by atoms with Crippen molar-refractivity contribution in [2.45, 2.75) is 63.4 Å². The van der Waals surface area contributed by atoms with E-state index >= 15 is 0 Å². The summed E-state index contributed by atoms with van der Waals surface area (Å²) < 4.78 is 72.4. The first-order valence-electron chi connectivity index (χ1n) is 11.0. The third kappa shape index (κ3) is 6.86. The van der Waals surface area contributed by atoms with Crippen LogP contribution in [0.25, 0.3) is 0 Å². The summed E-state index contributed by atoms with van der Waals surface area (Å²) in [5.74, 6) is 0. The fourth-order valence-corrected chi connectivity index (χ4v) is 10.1. The van der Waals surface area contributed by atoms with Crippen molar-refractivity contribution < 1.29 is 44.3 Å². The van der Waals surface area contributed by atoms with Crippen molar-refractivity contribution in [1.29, 1.82) is 0 Å².